The van der Waals surface area contributed by atoms with E-state index in [9.17, 15) is 9.59 Å². The molecule has 1 aromatic heterocycles. The average molecular weight is 408 g/mol. The molecule has 0 fully saturated rings. The molecular weight excluding hydrogens is 388 g/mol. The fraction of sp³-hybridized carbons (Fsp3) is 0.182. The Balaban J connectivity index is 1.56. The Bertz CT molecular complexity index is 1090. The largest absolute Gasteiger partial charge is 0.491 e. The predicted octanol–water partition coefficient (Wildman–Crippen LogP) is 2.36. The molecule has 3 N–H and O–H groups in total. The van der Waals surface area contributed by atoms with E-state index in [1.807, 2.05) is 0 Å². The van der Waals surface area contributed by atoms with Crippen molar-refractivity contribution in [2.45, 2.75) is 0 Å². The van der Waals surface area contributed by atoms with E-state index in [0.29, 0.717) is 35.7 Å². The van der Waals surface area contributed by atoms with Crippen LogP contribution in [0.4, 0.5) is 0 Å². The molecule has 0 atom stereocenters. The molecule has 0 spiro atoms. The second-order valence-corrected chi connectivity index (χ2v) is 6.15. The van der Waals surface area contributed by atoms with Crippen molar-refractivity contribution in [1.82, 2.24) is 10.8 Å². The van der Waals surface area contributed by atoms with Gasteiger partial charge in [-0.15, -0.1) is 0 Å². The van der Waals surface area contributed by atoms with Gasteiger partial charge in [0.25, 0.3) is 11.8 Å². The molecule has 154 valence electrons. The Morgan fingerprint density at radius 1 is 1.07 bits per heavy atom. The number of fused-ring (bicyclic) bond motifs is 1. The van der Waals surface area contributed by atoms with Crippen LogP contribution in [0.3, 0.4) is 0 Å². The lowest BCUT2D eigenvalue weighted by atomic mass is 10.1. The molecule has 8 heteroatoms. The minimum Gasteiger partial charge on any atom is -0.491 e. The van der Waals surface area contributed by atoms with Gasteiger partial charge in [0.2, 0.25) is 0 Å². The number of methoxy groups -OCH3 is 1. The maximum Gasteiger partial charge on any atom is 0.287 e. The topological polar surface area (TPSA) is 110 Å². The van der Waals surface area contributed by atoms with Crippen LogP contribution in [0.25, 0.3) is 11.0 Å². The van der Waals surface area contributed by atoms with E-state index in [4.69, 9.17) is 19.1 Å². The van der Waals surface area contributed by atoms with Gasteiger partial charge in [0.05, 0.1) is 13.2 Å². The van der Waals surface area contributed by atoms with E-state index >= 15 is 0 Å². The maximum atomic E-state index is 12.3. The predicted molar refractivity (Wildman–Crippen MR) is 108 cm³/mol. The number of benzene rings is 2. The standard InChI is InChI=1S/C22H20N2O6/c1-28-11-12-29-18-8-9-19-17(13-18)14-20(30-19)22(26)23-10-2-3-15-4-6-16(7-5-15)21(25)24-27/h4-9,13-14,27H,10-12H2,1H3,(H,23,26)(H,24,25). The number of rotatable bonds is 7. The SMILES string of the molecule is COCCOc1ccc2oc(C(=O)NCC#Cc3ccc(C(=O)NO)cc3)cc2c1. The van der Waals surface area contributed by atoms with Crippen molar-refractivity contribution < 1.29 is 28.7 Å². The summed E-state index contributed by atoms with van der Waals surface area (Å²) in [5, 5.41) is 12.0. The van der Waals surface area contributed by atoms with Gasteiger partial charge in [-0.1, -0.05) is 11.8 Å². The Morgan fingerprint density at radius 2 is 1.87 bits per heavy atom. The Morgan fingerprint density at radius 3 is 2.60 bits per heavy atom. The Kier molecular flexibility index (Phi) is 7.05. The summed E-state index contributed by atoms with van der Waals surface area (Å²) >= 11 is 0. The van der Waals surface area contributed by atoms with Crippen molar-refractivity contribution in [2.24, 2.45) is 0 Å². The van der Waals surface area contributed by atoms with E-state index in [0.717, 1.165) is 5.39 Å². The highest BCUT2D eigenvalue weighted by atomic mass is 16.5. The van der Waals surface area contributed by atoms with Crippen molar-refractivity contribution in [2.75, 3.05) is 26.9 Å². The molecule has 0 bridgehead atoms. The lowest BCUT2D eigenvalue weighted by molar-refractivity contribution is 0.0706. The van der Waals surface area contributed by atoms with E-state index in [-0.39, 0.29) is 18.2 Å². The smallest absolute Gasteiger partial charge is 0.287 e. The molecule has 2 amide bonds. The van der Waals surface area contributed by atoms with Gasteiger partial charge >= 0.3 is 0 Å². The summed E-state index contributed by atoms with van der Waals surface area (Å²) in [4.78, 5) is 23.6. The normalized spacial score (nSPS) is 10.2. The molecule has 0 aliphatic heterocycles. The first kappa shape index (κ1) is 20.9. The van der Waals surface area contributed by atoms with Crippen LogP contribution in [0.5, 0.6) is 5.75 Å². The molecule has 1 heterocycles. The number of ether oxygens (including phenoxy) is 2. The molecule has 0 saturated heterocycles. The minimum atomic E-state index is -0.596. The Labute approximate surface area is 172 Å². The van der Waals surface area contributed by atoms with Crippen LogP contribution in [0.2, 0.25) is 0 Å². The molecule has 0 aliphatic rings. The number of hydrogen-bond acceptors (Lipinski definition) is 6. The highest BCUT2D eigenvalue weighted by Crippen LogP contribution is 2.24. The number of furan rings is 1. The van der Waals surface area contributed by atoms with Crippen LogP contribution < -0.4 is 15.5 Å². The third kappa shape index (κ3) is 5.38. The molecule has 0 radical (unpaired) electrons. The summed E-state index contributed by atoms with van der Waals surface area (Å²) in [7, 11) is 1.60. The molecule has 3 aromatic rings. The summed E-state index contributed by atoms with van der Waals surface area (Å²) in [6, 6.07) is 13.3. The first-order valence-electron chi connectivity index (χ1n) is 9.07. The van der Waals surface area contributed by atoms with Crippen molar-refractivity contribution in [3.63, 3.8) is 0 Å². The molecule has 30 heavy (non-hydrogen) atoms. The van der Waals surface area contributed by atoms with Crippen molar-refractivity contribution in [1.29, 1.82) is 0 Å². The summed E-state index contributed by atoms with van der Waals surface area (Å²) in [6.45, 7) is 1.05. The van der Waals surface area contributed by atoms with Crippen LogP contribution in [-0.4, -0.2) is 43.9 Å². The second-order valence-electron chi connectivity index (χ2n) is 6.15. The van der Waals surface area contributed by atoms with Crippen molar-refractivity contribution >= 4 is 22.8 Å². The highest BCUT2D eigenvalue weighted by molar-refractivity contribution is 5.96. The minimum absolute atomic E-state index is 0.125. The molecule has 3 rings (SSSR count). The molecular formula is C22H20N2O6. The third-order valence-corrected chi connectivity index (χ3v) is 4.09. The molecule has 0 unspecified atom stereocenters. The lowest BCUT2D eigenvalue weighted by Crippen LogP contribution is -2.22. The van der Waals surface area contributed by atoms with Crippen LogP contribution in [-0.2, 0) is 4.74 Å². The first-order chi connectivity index (χ1) is 14.6. The average Bonchev–Trinajstić information content (AvgIpc) is 3.20. The van der Waals surface area contributed by atoms with Gasteiger partial charge in [0.1, 0.15) is 17.9 Å². The van der Waals surface area contributed by atoms with E-state index in [1.165, 1.54) is 12.1 Å². The molecule has 2 aromatic carbocycles. The number of hydroxylamine groups is 1. The second kappa shape index (κ2) is 10.1. The molecule has 0 saturated carbocycles. The Hall–Kier alpha value is -3.80. The first-order valence-corrected chi connectivity index (χ1v) is 9.07. The van der Waals surface area contributed by atoms with E-state index in [1.54, 1.807) is 49.0 Å². The number of carbonyl (C=O) groups excluding carboxylic acids is 2. The number of nitrogens with one attached hydrogen (secondary N) is 2. The van der Waals surface area contributed by atoms with Gasteiger partial charge in [-0.25, -0.2) is 5.48 Å². The summed E-state index contributed by atoms with van der Waals surface area (Å²) in [5.41, 5.74) is 3.13. The quantitative estimate of drug-likeness (QED) is 0.240. The zero-order chi connectivity index (χ0) is 21.3. The van der Waals surface area contributed by atoms with E-state index < -0.39 is 5.91 Å². The zero-order valence-corrected chi connectivity index (χ0v) is 16.2. The fourth-order valence-electron chi connectivity index (χ4n) is 2.59. The zero-order valence-electron chi connectivity index (χ0n) is 16.2. The summed E-state index contributed by atoms with van der Waals surface area (Å²) in [5.74, 6) is 5.58. The molecule has 8 nitrogen and oxygen atoms in total. The third-order valence-electron chi connectivity index (χ3n) is 4.09. The maximum absolute atomic E-state index is 12.3. The number of carbonyl (C=O) groups is 2. The van der Waals surface area contributed by atoms with Crippen molar-refractivity contribution in [3.8, 4) is 17.6 Å². The van der Waals surface area contributed by atoms with Gasteiger partial charge < -0.3 is 19.2 Å². The van der Waals surface area contributed by atoms with Crippen LogP contribution >= 0.6 is 0 Å². The monoisotopic (exact) mass is 408 g/mol. The summed E-state index contributed by atoms with van der Waals surface area (Å²) in [6.07, 6.45) is 0. The summed E-state index contributed by atoms with van der Waals surface area (Å²) < 4.78 is 16.1. The van der Waals surface area contributed by atoms with Gasteiger partial charge in [-0.05, 0) is 48.5 Å². The van der Waals surface area contributed by atoms with Gasteiger partial charge in [-0.2, -0.15) is 0 Å². The van der Waals surface area contributed by atoms with Crippen LogP contribution in [0.15, 0.2) is 52.9 Å². The van der Waals surface area contributed by atoms with Gasteiger partial charge in [0, 0.05) is 23.6 Å². The van der Waals surface area contributed by atoms with Crippen LogP contribution in [0.1, 0.15) is 26.5 Å². The lowest BCUT2D eigenvalue weighted by Gasteiger charge is -2.04. The number of hydrogen-bond donors (Lipinski definition) is 3. The number of amides is 2. The van der Waals surface area contributed by atoms with E-state index in [2.05, 4.69) is 17.2 Å². The van der Waals surface area contributed by atoms with Crippen LogP contribution in [0, 0.1) is 11.8 Å². The fourth-order valence-corrected chi connectivity index (χ4v) is 2.59. The molecule has 0 aliphatic carbocycles. The van der Waals surface area contributed by atoms with Crippen molar-refractivity contribution in [3.05, 3.63) is 65.4 Å². The van der Waals surface area contributed by atoms with Gasteiger partial charge in [0.15, 0.2) is 5.76 Å². The van der Waals surface area contributed by atoms with Gasteiger partial charge in [-0.3, -0.25) is 14.8 Å². The highest BCUT2D eigenvalue weighted by Gasteiger charge is 2.12.